The standard InChI is InChI=1S/C23H24N4O3S.C2HF3O2/c1-13-11-25-22(26-13)19-9-16(6-7-24-19)17-8-18-12-27(14(2)15-4-5-15)23(28)21(18)20(10-17)31(3,29)30;3-2(4,5)1(6)7/h6-11,14-15H,4-5,12H2,1-3H3,(H,25,26);(H,6,7)/t14-;/m0./s1. The Morgan fingerprint density at radius 1 is 1.18 bits per heavy atom. The third kappa shape index (κ3) is 5.72. The number of amides is 1. The SMILES string of the molecule is Cc1cnc(-c2cc(-c3cc4c(c(S(C)(=O)=O)c3)C(=O)N([C@@H](C)C3CC3)C4)ccn2)[nH]1.O=C(O)C(F)(F)F. The second-order valence-electron chi connectivity index (χ2n) is 9.44. The third-order valence-corrected chi connectivity index (χ3v) is 7.60. The highest BCUT2D eigenvalue weighted by Gasteiger charge is 2.41. The Bertz CT molecular complexity index is 1510. The molecular weight excluding hydrogens is 525 g/mol. The van der Waals surface area contributed by atoms with E-state index in [1.54, 1.807) is 18.5 Å². The fourth-order valence-corrected chi connectivity index (χ4v) is 5.27. The van der Waals surface area contributed by atoms with Gasteiger partial charge in [-0.15, -0.1) is 0 Å². The summed E-state index contributed by atoms with van der Waals surface area (Å²) in [5.74, 6) is -1.77. The fraction of sp³-hybridized carbons (Fsp3) is 0.360. The lowest BCUT2D eigenvalue weighted by Crippen LogP contribution is -2.35. The molecule has 13 heteroatoms. The molecule has 0 spiro atoms. The monoisotopic (exact) mass is 550 g/mol. The van der Waals surface area contributed by atoms with Gasteiger partial charge in [-0.3, -0.25) is 9.78 Å². The topological polar surface area (TPSA) is 133 Å². The van der Waals surface area contributed by atoms with Crippen molar-refractivity contribution < 1.29 is 36.3 Å². The molecule has 9 nitrogen and oxygen atoms in total. The van der Waals surface area contributed by atoms with Crippen LogP contribution in [0.5, 0.6) is 0 Å². The number of aromatic nitrogens is 3. The number of aromatic amines is 1. The molecule has 2 N–H and O–H groups in total. The van der Waals surface area contributed by atoms with E-state index in [0.717, 1.165) is 41.5 Å². The van der Waals surface area contributed by atoms with Crippen LogP contribution in [0.15, 0.2) is 41.6 Å². The first-order valence-electron chi connectivity index (χ1n) is 11.6. The molecule has 202 valence electrons. The van der Waals surface area contributed by atoms with Gasteiger partial charge in [-0.1, -0.05) is 0 Å². The number of rotatable bonds is 5. The summed E-state index contributed by atoms with van der Waals surface area (Å²) in [5.41, 5.74) is 4.28. The highest BCUT2D eigenvalue weighted by molar-refractivity contribution is 7.90. The van der Waals surface area contributed by atoms with E-state index in [4.69, 9.17) is 9.90 Å². The predicted molar refractivity (Wildman–Crippen MR) is 131 cm³/mol. The molecule has 0 unspecified atom stereocenters. The van der Waals surface area contributed by atoms with E-state index >= 15 is 0 Å². The van der Waals surface area contributed by atoms with Crippen LogP contribution in [0.4, 0.5) is 13.2 Å². The number of nitrogens with one attached hydrogen (secondary N) is 1. The molecule has 38 heavy (non-hydrogen) atoms. The molecule has 5 rings (SSSR count). The molecule has 2 aromatic heterocycles. The highest BCUT2D eigenvalue weighted by atomic mass is 32.2. The number of carboxylic acids is 1. The van der Waals surface area contributed by atoms with Crippen LogP contribution in [-0.4, -0.2) is 63.7 Å². The minimum absolute atomic E-state index is 0.0997. The zero-order chi connectivity index (χ0) is 28.0. The molecule has 0 bridgehead atoms. The number of alkyl halides is 3. The summed E-state index contributed by atoms with van der Waals surface area (Å²) in [6, 6.07) is 7.39. The van der Waals surface area contributed by atoms with Gasteiger partial charge >= 0.3 is 12.1 Å². The average Bonchev–Trinajstić information content (AvgIpc) is 3.52. The van der Waals surface area contributed by atoms with Crippen molar-refractivity contribution in [3.63, 3.8) is 0 Å². The van der Waals surface area contributed by atoms with E-state index in [1.807, 2.05) is 30.0 Å². The number of halogens is 3. The molecule has 1 amide bonds. The third-order valence-electron chi connectivity index (χ3n) is 6.48. The summed E-state index contributed by atoms with van der Waals surface area (Å²) < 4.78 is 57.0. The molecule has 1 aliphatic heterocycles. The number of carbonyl (C=O) groups is 2. The molecule has 2 aliphatic rings. The van der Waals surface area contributed by atoms with E-state index in [9.17, 15) is 26.4 Å². The van der Waals surface area contributed by atoms with Crippen molar-refractivity contribution in [2.75, 3.05) is 6.26 Å². The lowest BCUT2D eigenvalue weighted by Gasteiger charge is -2.24. The van der Waals surface area contributed by atoms with Crippen LogP contribution in [0.2, 0.25) is 0 Å². The van der Waals surface area contributed by atoms with Crippen molar-refractivity contribution in [2.24, 2.45) is 5.92 Å². The number of aliphatic carboxylic acids is 1. The van der Waals surface area contributed by atoms with Crippen molar-refractivity contribution in [1.82, 2.24) is 19.9 Å². The van der Waals surface area contributed by atoms with Crippen molar-refractivity contribution in [3.8, 4) is 22.6 Å². The van der Waals surface area contributed by atoms with Gasteiger partial charge < -0.3 is 15.0 Å². The molecule has 0 radical (unpaired) electrons. The van der Waals surface area contributed by atoms with E-state index in [-0.39, 0.29) is 16.8 Å². The Balaban J connectivity index is 0.000000426. The highest BCUT2D eigenvalue weighted by Crippen LogP contribution is 2.41. The van der Waals surface area contributed by atoms with E-state index in [1.165, 1.54) is 0 Å². The normalized spacial score (nSPS) is 16.1. The summed E-state index contributed by atoms with van der Waals surface area (Å²) in [5, 5.41) is 7.12. The molecule has 1 fully saturated rings. The van der Waals surface area contributed by atoms with Crippen molar-refractivity contribution in [2.45, 2.75) is 50.3 Å². The number of nitrogens with zero attached hydrogens (tertiary/aromatic N) is 3. The number of carbonyl (C=O) groups excluding carboxylic acids is 1. The number of fused-ring (bicyclic) bond motifs is 1. The number of benzene rings is 1. The van der Waals surface area contributed by atoms with E-state index in [2.05, 4.69) is 21.9 Å². The summed E-state index contributed by atoms with van der Waals surface area (Å²) in [6.45, 7) is 4.42. The van der Waals surface area contributed by atoms with Crippen molar-refractivity contribution >= 4 is 21.7 Å². The van der Waals surface area contributed by atoms with Gasteiger partial charge in [-0.05, 0) is 73.6 Å². The molecule has 3 aromatic rings. The quantitative estimate of drug-likeness (QED) is 0.486. The number of hydrogen-bond donors (Lipinski definition) is 2. The van der Waals surface area contributed by atoms with Crippen LogP contribution in [0.1, 0.15) is 41.4 Å². The summed E-state index contributed by atoms with van der Waals surface area (Å²) >= 11 is 0. The lowest BCUT2D eigenvalue weighted by molar-refractivity contribution is -0.192. The molecule has 0 saturated heterocycles. The first kappa shape index (κ1) is 27.3. The smallest absolute Gasteiger partial charge is 0.475 e. The molecule has 3 heterocycles. The van der Waals surface area contributed by atoms with Gasteiger partial charge in [0.25, 0.3) is 5.91 Å². The molecular formula is C25H25F3N4O5S. The van der Waals surface area contributed by atoms with Crippen LogP contribution < -0.4 is 0 Å². The summed E-state index contributed by atoms with van der Waals surface area (Å²) in [6.07, 6.45) is 1.75. The first-order valence-corrected chi connectivity index (χ1v) is 13.5. The minimum atomic E-state index is -5.08. The van der Waals surface area contributed by atoms with Crippen molar-refractivity contribution in [1.29, 1.82) is 0 Å². The second-order valence-corrected chi connectivity index (χ2v) is 11.4. The van der Waals surface area contributed by atoms with E-state index < -0.39 is 22.0 Å². The number of hydrogen-bond acceptors (Lipinski definition) is 6. The summed E-state index contributed by atoms with van der Waals surface area (Å²) in [7, 11) is -3.59. The number of carboxylic acid groups (broad SMARTS) is 1. The van der Waals surface area contributed by atoms with Gasteiger partial charge in [0, 0.05) is 36.9 Å². The van der Waals surface area contributed by atoms with Crippen LogP contribution in [-0.2, 0) is 21.2 Å². The number of aryl methyl sites for hydroxylation is 1. The number of H-pyrrole nitrogens is 1. The Hall–Kier alpha value is -3.74. The van der Waals surface area contributed by atoms with Gasteiger partial charge in [-0.25, -0.2) is 18.2 Å². The largest absolute Gasteiger partial charge is 0.490 e. The molecule has 1 atom stereocenters. The van der Waals surface area contributed by atoms with Gasteiger partial charge in [0.2, 0.25) is 0 Å². The van der Waals surface area contributed by atoms with Crippen LogP contribution >= 0.6 is 0 Å². The van der Waals surface area contributed by atoms with Crippen LogP contribution in [0.3, 0.4) is 0 Å². The number of sulfone groups is 1. The first-order chi connectivity index (χ1) is 17.7. The lowest BCUT2D eigenvalue weighted by atomic mass is 10.0. The summed E-state index contributed by atoms with van der Waals surface area (Å²) in [4.78, 5) is 35.9. The maximum Gasteiger partial charge on any atom is 0.490 e. The Morgan fingerprint density at radius 3 is 2.37 bits per heavy atom. The van der Waals surface area contributed by atoms with Crippen LogP contribution in [0.25, 0.3) is 22.6 Å². The fourth-order valence-electron chi connectivity index (χ4n) is 4.34. The zero-order valence-electron chi connectivity index (χ0n) is 20.7. The van der Waals surface area contributed by atoms with Gasteiger partial charge in [0.1, 0.15) is 5.69 Å². The Kier molecular flexibility index (Phi) is 7.08. The number of imidazole rings is 1. The van der Waals surface area contributed by atoms with Gasteiger partial charge in [-0.2, -0.15) is 13.2 Å². The van der Waals surface area contributed by atoms with Crippen LogP contribution in [0, 0.1) is 12.8 Å². The van der Waals surface area contributed by atoms with Gasteiger partial charge in [0.15, 0.2) is 15.7 Å². The van der Waals surface area contributed by atoms with E-state index in [0.29, 0.717) is 29.5 Å². The van der Waals surface area contributed by atoms with Gasteiger partial charge in [0.05, 0.1) is 10.5 Å². The predicted octanol–water partition coefficient (Wildman–Crippen LogP) is 4.24. The molecule has 1 aromatic carbocycles. The maximum atomic E-state index is 13.2. The minimum Gasteiger partial charge on any atom is -0.475 e. The number of pyridine rings is 1. The second kappa shape index (κ2) is 9.86. The zero-order valence-corrected chi connectivity index (χ0v) is 21.5. The average molecular weight is 551 g/mol. The molecule has 1 saturated carbocycles. The Morgan fingerprint density at radius 2 is 1.84 bits per heavy atom. The Labute approximate surface area is 216 Å². The maximum absolute atomic E-state index is 13.2. The van der Waals surface area contributed by atoms with Crippen molar-refractivity contribution in [3.05, 3.63) is 53.5 Å². The molecule has 1 aliphatic carbocycles.